The Labute approximate surface area is 145 Å². The van der Waals surface area contributed by atoms with Crippen molar-refractivity contribution in [3.05, 3.63) is 36.2 Å². The third kappa shape index (κ3) is 3.65. The van der Waals surface area contributed by atoms with E-state index in [2.05, 4.69) is 20.6 Å². The van der Waals surface area contributed by atoms with Gasteiger partial charge in [-0.25, -0.2) is 9.97 Å². The van der Waals surface area contributed by atoms with Crippen molar-refractivity contribution >= 4 is 17.5 Å². The molecule has 0 radical (unpaired) electrons. The number of benzene rings is 1. The molecule has 1 aromatic heterocycles. The lowest BCUT2D eigenvalue weighted by atomic mass is 9.95. The minimum atomic E-state index is -0.110. The van der Waals surface area contributed by atoms with Crippen LogP contribution in [0.1, 0.15) is 42.5 Å². The standard InChI is InChI=1S/C18H20N4O3/c23-17(21-13-4-2-1-3-5-13)12-9-19-18(20-10-12)22-14-6-7-15-16(8-14)25-11-24-15/h6-10,13H,1-5,11H2,(H,21,23)(H,19,20,22). The van der Waals surface area contributed by atoms with Gasteiger partial charge in [-0.3, -0.25) is 4.79 Å². The first-order valence-corrected chi connectivity index (χ1v) is 8.57. The number of carbonyl (C=O) groups excluding carboxylic acids is 1. The van der Waals surface area contributed by atoms with E-state index in [0.29, 0.717) is 17.3 Å². The Morgan fingerprint density at radius 1 is 1.04 bits per heavy atom. The topological polar surface area (TPSA) is 85.4 Å². The molecule has 0 saturated heterocycles. The highest BCUT2D eigenvalue weighted by Gasteiger charge is 2.17. The van der Waals surface area contributed by atoms with Gasteiger partial charge in [0.05, 0.1) is 5.56 Å². The third-order valence-corrected chi connectivity index (χ3v) is 4.48. The number of rotatable bonds is 4. The largest absolute Gasteiger partial charge is 0.454 e. The minimum absolute atomic E-state index is 0.110. The molecule has 130 valence electrons. The second-order valence-electron chi connectivity index (χ2n) is 6.30. The van der Waals surface area contributed by atoms with E-state index in [1.54, 1.807) is 12.4 Å². The van der Waals surface area contributed by atoms with Crippen LogP contribution >= 0.6 is 0 Å². The van der Waals surface area contributed by atoms with Crippen LogP contribution in [0.2, 0.25) is 0 Å². The van der Waals surface area contributed by atoms with Crippen molar-refractivity contribution in [2.45, 2.75) is 38.1 Å². The number of carbonyl (C=O) groups is 1. The molecule has 0 spiro atoms. The van der Waals surface area contributed by atoms with Crippen molar-refractivity contribution in [1.82, 2.24) is 15.3 Å². The fourth-order valence-electron chi connectivity index (χ4n) is 3.13. The zero-order chi connectivity index (χ0) is 17.1. The number of hydrogen-bond acceptors (Lipinski definition) is 6. The molecule has 2 aliphatic rings. The van der Waals surface area contributed by atoms with Crippen LogP contribution in [0.3, 0.4) is 0 Å². The summed E-state index contributed by atoms with van der Waals surface area (Å²) in [6.45, 7) is 0.236. The number of hydrogen-bond donors (Lipinski definition) is 2. The lowest BCUT2D eigenvalue weighted by molar-refractivity contribution is 0.0927. The van der Waals surface area contributed by atoms with E-state index in [0.717, 1.165) is 24.3 Å². The maximum atomic E-state index is 12.3. The van der Waals surface area contributed by atoms with Gasteiger partial charge in [0.25, 0.3) is 5.91 Å². The van der Waals surface area contributed by atoms with Crippen molar-refractivity contribution < 1.29 is 14.3 Å². The Hall–Kier alpha value is -2.83. The number of ether oxygens (including phenoxy) is 2. The van der Waals surface area contributed by atoms with Gasteiger partial charge in [-0.1, -0.05) is 19.3 Å². The lowest BCUT2D eigenvalue weighted by Crippen LogP contribution is -2.36. The highest BCUT2D eigenvalue weighted by atomic mass is 16.7. The Balaban J connectivity index is 1.38. The van der Waals surface area contributed by atoms with Gasteiger partial charge in [-0.15, -0.1) is 0 Å². The van der Waals surface area contributed by atoms with E-state index in [4.69, 9.17) is 9.47 Å². The summed E-state index contributed by atoms with van der Waals surface area (Å²) in [4.78, 5) is 20.7. The van der Waals surface area contributed by atoms with Crippen LogP contribution in [0, 0.1) is 0 Å². The summed E-state index contributed by atoms with van der Waals surface area (Å²) in [6, 6.07) is 5.79. The van der Waals surface area contributed by atoms with Crippen molar-refractivity contribution in [2.75, 3.05) is 12.1 Å². The van der Waals surface area contributed by atoms with E-state index in [-0.39, 0.29) is 18.7 Å². The molecule has 7 heteroatoms. The molecule has 2 N–H and O–H groups in total. The monoisotopic (exact) mass is 340 g/mol. The number of anilines is 2. The number of aromatic nitrogens is 2. The summed E-state index contributed by atoms with van der Waals surface area (Å²) in [7, 11) is 0. The molecule has 4 rings (SSSR count). The zero-order valence-corrected chi connectivity index (χ0v) is 13.8. The molecule has 1 aliphatic heterocycles. The molecule has 25 heavy (non-hydrogen) atoms. The summed E-state index contributed by atoms with van der Waals surface area (Å²) >= 11 is 0. The Morgan fingerprint density at radius 3 is 2.60 bits per heavy atom. The van der Waals surface area contributed by atoms with Crippen molar-refractivity contribution in [2.24, 2.45) is 0 Å². The SMILES string of the molecule is O=C(NC1CCCCC1)c1cnc(Nc2ccc3c(c2)OCO3)nc1. The van der Waals surface area contributed by atoms with Crippen LogP contribution in [0.15, 0.2) is 30.6 Å². The maximum Gasteiger partial charge on any atom is 0.254 e. The minimum Gasteiger partial charge on any atom is -0.454 e. The molecule has 0 unspecified atom stereocenters. The Morgan fingerprint density at radius 2 is 1.80 bits per heavy atom. The second-order valence-corrected chi connectivity index (χ2v) is 6.30. The first-order chi connectivity index (χ1) is 12.3. The van der Waals surface area contributed by atoms with Gasteiger partial charge >= 0.3 is 0 Å². The van der Waals surface area contributed by atoms with E-state index in [1.807, 2.05) is 18.2 Å². The zero-order valence-electron chi connectivity index (χ0n) is 13.8. The van der Waals surface area contributed by atoms with E-state index < -0.39 is 0 Å². The number of nitrogens with zero attached hydrogens (tertiary/aromatic N) is 2. The molecule has 0 bridgehead atoms. The normalized spacial score (nSPS) is 16.5. The quantitative estimate of drug-likeness (QED) is 0.890. The Bertz CT molecular complexity index is 757. The summed E-state index contributed by atoms with van der Waals surface area (Å²) in [5, 5.41) is 6.15. The van der Waals surface area contributed by atoms with E-state index >= 15 is 0 Å². The third-order valence-electron chi connectivity index (χ3n) is 4.48. The molecule has 1 aromatic carbocycles. The van der Waals surface area contributed by atoms with Gasteiger partial charge in [0.1, 0.15) is 0 Å². The smallest absolute Gasteiger partial charge is 0.254 e. The van der Waals surface area contributed by atoms with Crippen LogP contribution in [0.5, 0.6) is 11.5 Å². The van der Waals surface area contributed by atoms with Crippen molar-refractivity contribution in [3.8, 4) is 11.5 Å². The molecular formula is C18H20N4O3. The molecular weight excluding hydrogens is 320 g/mol. The van der Waals surface area contributed by atoms with Gasteiger partial charge in [-0.05, 0) is 25.0 Å². The second kappa shape index (κ2) is 6.96. The van der Waals surface area contributed by atoms with Crippen LogP contribution in [-0.2, 0) is 0 Å². The summed E-state index contributed by atoms with van der Waals surface area (Å²) < 4.78 is 10.6. The molecule has 2 aromatic rings. The first-order valence-electron chi connectivity index (χ1n) is 8.57. The van der Waals surface area contributed by atoms with Gasteiger partial charge in [0, 0.05) is 30.2 Å². The fraction of sp³-hybridized carbons (Fsp3) is 0.389. The Kier molecular flexibility index (Phi) is 4.37. The fourth-order valence-corrected chi connectivity index (χ4v) is 3.13. The average Bonchev–Trinajstić information content (AvgIpc) is 3.11. The van der Waals surface area contributed by atoms with Crippen LogP contribution in [0.4, 0.5) is 11.6 Å². The predicted molar refractivity (Wildman–Crippen MR) is 92.2 cm³/mol. The van der Waals surface area contributed by atoms with Gasteiger partial charge in [0.15, 0.2) is 11.5 Å². The molecule has 1 fully saturated rings. The first kappa shape index (κ1) is 15.7. The van der Waals surface area contributed by atoms with Gasteiger partial charge in [0.2, 0.25) is 12.7 Å². The van der Waals surface area contributed by atoms with E-state index in [1.165, 1.54) is 19.3 Å². The highest BCUT2D eigenvalue weighted by Crippen LogP contribution is 2.34. The van der Waals surface area contributed by atoms with Crippen LogP contribution < -0.4 is 20.1 Å². The predicted octanol–water partition coefficient (Wildman–Crippen LogP) is 3.01. The molecule has 1 amide bonds. The number of amides is 1. The molecule has 1 saturated carbocycles. The van der Waals surface area contributed by atoms with E-state index in [9.17, 15) is 4.79 Å². The molecule has 0 atom stereocenters. The summed E-state index contributed by atoms with van der Waals surface area (Å²) in [6.07, 6.45) is 8.81. The molecule has 7 nitrogen and oxygen atoms in total. The van der Waals surface area contributed by atoms with Gasteiger partial charge in [-0.2, -0.15) is 0 Å². The maximum absolute atomic E-state index is 12.3. The molecule has 1 aliphatic carbocycles. The number of nitrogens with one attached hydrogen (secondary N) is 2. The van der Waals surface area contributed by atoms with Crippen LogP contribution in [0.25, 0.3) is 0 Å². The highest BCUT2D eigenvalue weighted by molar-refractivity contribution is 5.93. The van der Waals surface area contributed by atoms with Crippen LogP contribution in [-0.4, -0.2) is 28.7 Å². The number of fused-ring (bicyclic) bond motifs is 1. The van der Waals surface area contributed by atoms with Crippen molar-refractivity contribution in [1.29, 1.82) is 0 Å². The molecule has 2 heterocycles. The van der Waals surface area contributed by atoms with Gasteiger partial charge < -0.3 is 20.1 Å². The summed E-state index contributed by atoms with van der Waals surface area (Å²) in [5.74, 6) is 1.73. The average molecular weight is 340 g/mol. The van der Waals surface area contributed by atoms with Crippen molar-refractivity contribution in [3.63, 3.8) is 0 Å². The summed E-state index contributed by atoms with van der Waals surface area (Å²) in [5.41, 5.74) is 1.27. The lowest BCUT2D eigenvalue weighted by Gasteiger charge is -2.22.